The van der Waals surface area contributed by atoms with E-state index in [2.05, 4.69) is 57.0 Å². The molecule has 0 N–H and O–H groups in total. The highest BCUT2D eigenvalue weighted by Crippen LogP contribution is 2.39. The van der Waals surface area contributed by atoms with Crippen LogP contribution in [0, 0.1) is 0 Å². The van der Waals surface area contributed by atoms with Gasteiger partial charge in [-0.3, -0.25) is 4.90 Å². The molecular formula is C32H34N4O4. The third-order valence-corrected chi connectivity index (χ3v) is 7.44. The Bertz CT molecular complexity index is 1600. The number of hydrogen-bond donors (Lipinski definition) is 0. The number of fused-ring (bicyclic) bond motifs is 2. The molecule has 8 nitrogen and oxygen atoms in total. The second-order valence-corrected chi connectivity index (χ2v) is 9.94. The van der Waals surface area contributed by atoms with Gasteiger partial charge < -0.3 is 23.5 Å². The minimum absolute atomic E-state index is 0.593. The van der Waals surface area contributed by atoms with Crippen LogP contribution in [0.4, 0.5) is 0 Å². The number of hydrogen-bond acceptors (Lipinski definition) is 7. The average molecular weight is 539 g/mol. The van der Waals surface area contributed by atoms with Crippen LogP contribution in [0.3, 0.4) is 0 Å². The van der Waals surface area contributed by atoms with Crippen LogP contribution in [0.15, 0.2) is 73.2 Å². The van der Waals surface area contributed by atoms with E-state index in [0.717, 1.165) is 84.6 Å². The van der Waals surface area contributed by atoms with Crippen LogP contribution < -0.4 is 14.2 Å². The Balaban J connectivity index is 1.36. The first-order chi connectivity index (χ1) is 19.7. The van der Waals surface area contributed by atoms with E-state index < -0.39 is 0 Å². The lowest BCUT2D eigenvalue weighted by molar-refractivity contribution is 0.0357. The molecule has 0 unspecified atom stereocenters. The first-order valence-electron chi connectivity index (χ1n) is 13.7. The monoisotopic (exact) mass is 538 g/mol. The van der Waals surface area contributed by atoms with Crippen LogP contribution in [0.25, 0.3) is 33.1 Å². The highest BCUT2D eigenvalue weighted by Gasteiger charge is 2.18. The largest absolute Gasteiger partial charge is 0.497 e. The smallest absolute Gasteiger partial charge is 0.162 e. The summed E-state index contributed by atoms with van der Waals surface area (Å²) in [6, 6.07) is 20.6. The quantitative estimate of drug-likeness (QED) is 0.220. The molecule has 0 saturated carbocycles. The maximum absolute atomic E-state index is 6.26. The fraction of sp³-hybridized carbons (Fsp3) is 0.312. The van der Waals surface area contributed by atoms with Gasteiger partial charge in [0, 0.05) is 60.3 Å². The molecule has 0 bridgehead atoms. The van der Waals surface area contributed by atoms with Crippen LogP contribution in [-0.2, 0) is 11.3 Å². The van der Waals surface area contributed by atoms with Crippen LogP contribution in [0.2, 0.25) is 0 Å². The number of benzene rings is 3. The van der Waals surface area contributed by atoms with Crippen molar-refractivity contribution in [3.05, 3.63) is 78.8 Å². The number of nitrogens with zero attached hydrogens (tertiary/aromatic N) is 4. The molecule has 3 heterocycles. The first kappa shape index (κ1) is 26.1. The molecule has 2 aromatic heterocycles. The van der Waals surface area contributed by atoms with E-state index in [9.17, 15) is 0 Å². The van der Waals surface area contributed by atoms with Gasteiger partial charge in [-0.15, -0.1) is 0 Å². The standard InChI is InChI=1S/C32H34N4O4/c1-37-24-9-10-29-25(17-24)27(21-36(29)20-23-7-4-3-5-8-23)32-26-18-31(30(38-2)19-28(26)33-22-34-32)40-14-6-11-35-12-15-39-16-13-35/h3-5,7-10,17-19,21-22H,6,11-16,20H2,1-2H3. The highest BCUT2D eigenvalue weighted by atomic mass is 16.5. The van der Waals surface area contributed by atoms with Crippen LogP contribution in [-0.4, -0.2) is 73.1 Å². The molecule has 206 valence electrons. The van der Waals surface area contributed by atoms with E-state index >= 15 is 0 Å². The van der Waals surface area contributed by atoms with Gasteiger partial charge in [0.2, 0.25) is 0 Å². The van der Waals surface area contributed by atoms with Crippen molar-refractivity contribution in [1.82, 2.24) is 19.4 Å². The van der Waals surface area contributed by atoms with Crippen molar-refractivity contribution in [2.24, 2.45) is 0 Å². The Morgan fingerprint density at radius 1 is 0.875 bits per heavy atom. The Morgan fingerprint density at radius 2 is 1.73 bits per heavy atom. The summed E-state index contributed by atoms with van der Waals surface area (Å²) in [6.07, 6.45) is 4.71. The van der Waals surface area contributed by atoms with Crippen LogP contribution >= 0.6 is 0 Å². The van der Waals surface area contributed by atoms with Gasteiger partial charge in [0.15, 0.2) is 11.5 Å². The lowest BCUT2D eigenvalue weighted by Crippen LogP contribution is -2.37. The maximum Gasteiger partial charge on any atom is 0.162 e. The molecule has 40 heavy (non-hydrogen) atoms. The van der Waals surface area contributed by atoms with E-state index in [4.69, 9.17) is 23.9 Å². The molecule has 1 aliphatic heterocycles. The Morgan fingerprint density at radius 3 is 2.52 bits per heavy atom. The van der Waals surface area contributed by atoms with E-state index in [-0.39, 0.29) is 0 Å². The SMILES string of the molecule is COc1ccc2c(c1)c(-c1ncnc3cc(OC)c(OCCCN4CCOCC4)cc13)cn2Cc1ccccc1. The highest BCUT2D eigenvalue weighted by molar-refractivity contribution is 6.04. The third-order valence-electron chi connectivity index (χ3n) is 7.44. The molecule has 8 heteroatoms. The van der Waals surface area contributed by atoms with E-state index in [0.29, 0.717) is 18.1 Å². The van der Waals surface area contributed by atoms with Gasteiger partial charge in [0.25, 0.3) is 0 Å². The third kappa shape index (κ3) is 5.46. The molecule has 0 amide bonds. The van der Waals surface area contributed by atoms with Crippen molar-refractivity contribution in [3.63, 3.8) is 0 Å². The second kappa shape index (κ2) is 11.9. The van der Waals surface area contributed by atoms with Gasteiger partial charge in [-0.05, 0) is 36.2 Å². The number of rotatable bonds is 10. The number of morpholine rings is 1. The van der Waals surface area contributed by atoms with Crippen molar-refractivity contribution in [2.45, 2.75) is 13.0 Å². The molecule has 0 radical (unpaired) electrons. The number of ether oxygens (including phenoxy) is 4. The van der Waals surface area contributed by atoms with Gasteiger partial charge in [-0.25, -0.2) is 9.97 Å². The molecule has 3 aromatic carbocycles. The second-order valence-electron chi connectivity index (χ2n) is 9.94. The van der Waals surface area contributed by atoms with Crippen molar-refractivity contribution in [3.8, 4) is 28.5 Å². The van der Waals surface area contributed by atoms with E-state index in [1.807, 2.05) is 24.3 Å². The summed E-state index contributed by atoms with van der Waals surface area (Å²) in [7, 11) is 3.35. The molecule has 0 atom stereocenters. The summed E-state index contributed by atoms with van der Waals surface area (Å²) < 4.78 is 25.3. The molecule has 0 spiro atoms. The Hall–Kier alpha value is -4.14. The lowest BCUT2D eigenvalue weighted by Gasteiger charge is -2.26. The van der Waals surface area contributed by atoms with E-state index in [1.54, 1.807) is 20.5 Å². The summed E-state index contributed by atoms with van der Waals surface area (Å²) in [4.78, 5) is 11.8. The zero-order chi connectivity index (χ0) is 27.3. The molecule has 1 saturated heterocycles. The van der Waals surface area contributed by atoms with E-state index in [1.165, 1.54) is 5.56 Å². The lowest BCUT2D eigenvalue weighted by atomic mass is 10.0. The summed E-state index contributed by atoms with van der Waals surface area (Å²) in [6.45, 7) is 5.88. The molecule has 6 rings (SSSR count). The maximum atomic E-state index is 6.26. The van der Waals surface area contributed by atoms with Crippen molar-refractivity contribution >= 4 is 21.8 Å². The average Bonchev–Trinajstić information content (AvgIpc) is 3.36. The summed E-state index contributed by atoms with van der Waals surface area (Å²) in [5.41, 5.74) is 5.00. The van der Waals surface area contributed by atoms with Gasteiger partial charge >= 0.3 is 0 Å². The van der Waals surface area contributed by atoms with Crippen molar-refractivity contribution in [1.29, 1.82) is 0 Å². The first-order valence-corrected chi connectivity index (χ1v) is 13.7. The molecule has 0 aliphatic carbocycles. The zero-order valence-corrected chi connectivity index (χ0v) is 23.0. The predicted octanol–water partition coefficient (Wildman–Crippen LogP) is 5.42. The fourth-order valence-electron chi connectivity index (χ4n) is 5.35. The fourth-order valence-corrected chi connectivity index (χ4v) is 5.35. The van der Waals surface area contributed by atoms with Gasteiger partial charge in [-0.1, -0.05) is 30.3 Å². The van der Waals surface area contributed by atoms with Gasteiger partial charge in [0.1, 0.15) is 12.1 Å². The van der Waals surface area contributed by atoms with Crippen LogP contribution in [0.5, 0.6) is 17.2 Å². The predicted molar refractivity (Wildman–Crippen MR) is 156 cm³/mol. The normalized spacial score (nSPS) is 14.1. The molecule has 1 fully saturated rings. The van der Waals surface area contributed by atoms with Gasteiger partial charge in [-0.2, -0.15) is 0 Å². The molecule has 1 aliphatic rings. The number of methoxy groups -OCH3 is 2. The molecule has 5 aromatic rings. The minimum atomic E-state index is 0.593. The van der Waals surface area contributed by atoms with Crippen LogP contribution in [0.1, 0.15) is 12.0 Å². The minimum Gasteiger partial charge on any atom is -0.497 e. The summed E-state index contributed by atoms with van der Waals surface area (Å²) >= 11 is 0. The number of aromatic nitrogens is 3. The van der Waals surface area contributed by atoms with Gasteiger partial charge in [0.05, 0.1) is 45.3 Å². The topological polar surface area (TPSA) is 70.9 Å². The summed E-state index contributed by atoms with van der Waals surface area (Å²) in [5, 5.41) is 1.98. The van der Waals surface area contributed by atoms with Crippen molar-refractivity contribution in [2.75, 3.05) is 53.7 Å². The molecular weight excluding hydrogens is 504 g/mol. The Kier molecular flexibility index (Phi) is 7.79. The zero-order valence-electron chi connectivity index (χ0n) is 23.0. The summed E-state index contributed by atoms with van der Waals surface area (Å²) in [5.74, 6) is 2.16. The Labute approximate surface area is 234 Å². The van der Waals surface area contributed by atoms with Crippen molar-refractivity contribution < 1.29 is 18.9 Å².